The molecule has 0 radical (unpaired) electrons. The molecular weight excluding hydrogens is 301 g/mol. The van der Waals surface area contributed by atoms with E-state index in [2.05, 4.69) is 21.3 Å². The zero-order valence-electron chi connectivity index (χ0n) is 11.2. The molecule has 1 aromatic carbocycles. The average molecular weight is 315 g/mol. The smallest absolute Gasteiger partial charge is 0.323 e. The molecule has 0 aromatic heterocycles. The van der Waals surface area contributed by atoms with Gasteiger partial charge in [-0.15, -0.1) is 0 Å². The molecule has 114 valence electrons. The van der Waals surface area contributed by atoms with Crippen molar-refractivity contribution in [2.75, 3.05) is 23.7 Å². The number of anilines is 1. The largest absolute Gasteiger partial charge is 0.465 e. The quantitative estimate of drug-likeness (QED) is 0.609. The molecule has 8 heteroatoms. The van der Waals surface area contributed by atoms with Gasteiger partial charge in [0.1, 0.15) is 12.4 Å². The van der Waals surface area contributed by atoms with Crippen LogP contribution in [0.3, 0.4) is 0 Å². The molecule has 1 aromatic rings. The van der Waals surface area contributed by atoms with Gasteiger partial charge in [0.2, 0.25) is 10.0 Å². The van der Waals surface area contributed by atoms with Crippen LogP contribution in [0.5, 0.6) is 0 Å². The predicted molar refractivity (Wildman–Crippen MR) is 74.4 cm³/mol. The van der Waals surface area contributed by atoms with Gasteiger partial charge in [-0.1, -0.05) is 11.8 Å². The van der Waals surface area contributed by atoms with Crippen molar-refractivity contribution in [3.8, 4) is 11.8 Å². The number of rotatable bonds is 5. The van der Waals surface area contributed by atoms with E-state index in [4.69, 9.17) is 5.11 Å². The zero-order valence-corrected chi connectivity index (χ0v) is 12.0. The van der Waals surface area contributed by atoms with Gasteiger partial charge in [0.25, 0.3) is 0 Å². The summed E-state index contributed by atoms with van der Waals surface area (Å²) >= 11 is 0. The fourth-order valence-electron chi connectivity index (χ4n) is 1.41. The summed E-state index contributed by atoms with van der Waals surface area (Å²) in [6.45, 7) is 1.17. The number of aliphatic hydroxyl groups excluding tert-OH is 1. The highest BCUT2D eigenvalue weighted by atomic mass is 32.2. The number of sulfonamides is 1. The van der Waals surface area contributed by atoms with Gasteiger partial charge in [0, 0.05) is 0 Å². The van der Waals surface area contributed by atoms with Crippen LogP contribution in [0.1, 0.15) is 12.5 Å². The number of ether oxygens (including phenoxy) is 1. The molecule has 0 aliphatic rings. The highest BCUT2D eigenvalue weighted by Crippen LogP contribution is 2.17. The zero-order chi connectivity index (χ0) is 15.9. The second kappa shape index (κ2) is 7.61. The monoisotopic (exact) mass is 315 g/mol. The Hall–Kier alpha value is -2.11. The number of carbonyl (C=O) groups excluding carboxylic acids is 1. The van der Waals surface area contributed by atoms with E-state index < -0.39 is 34.2 Å². The van der Waals surface area contributed by atoms with E-state index in [0.29, 0.717) is 0 Å². The molecule has 0 fully saturated rings. The van der Waals surface area contributed by atoms with Crippen LogP contribution in [0.4, 0.5) is 10.1 Å². The molecule has 0 saturated carbocycles. The molecule has 2 N–H and O–H groups in total. The number of carbonyl (C=O) groups is 1. The molecule has 0 heterocycles. The van der Waals surface area contributed by atoms with E-state index in [0.717, 1.165) is 12.1 Å². The van der Waals surface area contributed by atoms with Crippen molar-refractivity contribution < 1.29 is 27.4 Å². The standard InChI is InChI=1S/C13H14FNO5S/c1-2-20-13(17)9-21(18,19)15-12-6-5-11(14)8-10(12)4-3-7-16/h5-6,8,15-16H,2,7,9H2,1H3. The van der Waals surface area contributed by atoms with Gasteiger partial charge in [0.15, 0.2) is 5.75 Å². The van der Waals surface area contributed by atoms with E-state index in [-0.39, 0.29) is 17.9 Å². The van der Waals surface area contributed by atoms with Gasteiger partial charge in [-0.25, -0.2) is 12.8 Å². The van der Waals surface area contributed by atoms with Gasteiger partial charge in [-0.2, -0.15) is 0 Å². The number of halogens is 1. The number of nitrogens with one attached hydrogen (secondary N) is 1. The Morgan fingerprint density at radius 2 is 2.19 bits per heavy atom. The first-order valence-corrected chi connectivity index (χ1v) is 7.58. The molecule has 0 aliphatic carbocycles. The summed E-state index contributed by atoms with van der Waals surface area (Å²) in [6.07, 6.45) is 0. The van der Waals surface area contributed by atoms with E-state index in [1.165, 1.54) is 6.07 Å². The van der Waals surface area contributed by atoms with Crippen LogP contribution in [0, 0.1) is 17.7 Å². The third kappa shape index (κ3) is 5.81. The second-order valence-corrected chi connectivity index (χ2v) is 5.54. The Morgan fingerprint density at radius 3 is 2.81 bits per heavy atom. The first kappa shape index (κ1) is 16.9. The van der Waals surface area contributed by atoms with Crippen LogP contribution in [0.25, 0.3) is 0 Å². The molecule has 0 atom stereocenters. The summed E-state index contributed by atoms with van der Waals surface area (Å²) in [5.74, 6) is 2.36. The first-order valence-electron chi connectivity index (χ1n) is 5.93. The molecule has 0 spiro atoms. The van der Waals surface area contributed by atoms with Crippen LogP contribution in [0.2, 0.25) is 0 Å². The molecule has 0 amide bonds. The van der Waals surface area contributed by atoms with Crippen molar-refractivity contribution in [1.29, 1.82) is 0 Å². The maximum absolute atomic E-state index is 13.1. The third-order valence-corrected chi connectivity index (χ3v) is 3.31. The number of esters is 1. The lowest BCUT2D eigenvalue weighted by Crippen LogP contribution is -2.24. The molecule has 21 heavy (non-hydrogen) atoms. The third-order valence-electron chi connectivity index (χ3n) is 2.16. The Balaban J connectivity index is 2.99. The van der Waals surface area contributed by atoms with Crippen LogP contribution in [0.15, 0.2) is 18.2 Å². The lowest BCUT2D eigenvalue weighted by molar-refractivity contribution is -0.139. The number of aliphatic hydroxyl groups is 1. The summed E-state index contributed by atoms with van der Waals surface area (Å²) in [4.78, 5) is 11.2. The molecule has 1 rings (SSSR count). The van der Waals surface area contributed by atoms with E-state index in [1.54, 1.807) is 6.92 Å². The summed E-state index contributed by atoms with van der Waals surface area (Å²) < 4.78 is 43.4. The average Bonchev–Trinajstić information content (AvgIpc) is 2.38. The Bertz CT molecular complexity index is 676. The highest BCUT2D eigenvalue weighted by Gasteiger charge is 2.18. The van der Waals surface area contributed by atoms with E-state index in [9.17, 15) is 17.6 Å². The molecule has 0 unspecified atom stereocenters. The molecular formula is C13H14FNO5S. The Kier molecular flexibility index (Phi) is 6.14. The normalized spacial score (nSPS) is 10.4. The predicted octanol–water partition coefficient (Wildman–Crippen LogP) is 0.474. The lowest BCUT2D eigenvalue weighted by Gasteiger charge is -2.09. The summed E-state index contributed by atoms with van der Waals surface area (Å²) in [5, 5.41) is 8.63. The maximum Gasteiger partial charge on any atom is 0.323 e. The van der Waals surface area contributed by atoms with Gasteiger partial charge >= 0.3 is 5.97 Å². The minimum absolute atomic E-state index is 0.0154. The van der Waals surface area contributed by atoms with Crippen LogP contribution >= 0.6 is 0 Å². The molecule has 0 bridgehead atoms. The van der Waals surface area contributed by atoms with Crippen molar-refractivity contribution in [2.45, 2.75) is 6.92 Å². The topological polar surface area (TPSA) is 92.7 Å². The summed E-state index contributed by atoms with van der Waals surface area (Å²) in [6, 6.07) is 3.25. The Labute approximate surface area is 122 Å². The molecule has 0 saturated heterocycles. The van der Waals surface area contributed by atoms with Gasteiger partial charge < -0.3 is 9.84 Å². The number of hydrogen-bond acceptors (Lipinski definition) is 5. The lowest BCUT2D eigenvalue weighted by atomic mass is 10.2. The van der Waals surface area contributed by atoms with Gasteiger partial charge in [-0.05, 0) is 25.1 Å². The van der Waals surface area contributed by atoms with Crippen molar-refractivity contribution in [3.05, 3.63) is 29.6 Å². The van der Waals surface area contributed by atoms with Crippen LogP contribution in [-0.4, -0.2) is 38.5 Å². The van der Waals surface area contributed by atoms with E-state index >= 15 is 0 Å². The first-order chi connectivity index (χ1) is 9.88. The van der Waals surface area contributed by atoms with Crippen molar-refractivity contribution in [3.63, 3.8) is 0 Å². The van der Waals surface area contributed by atoms with Crippen LogP contribution < -0.4 is 4.72 Å². The van der Waals surface area contributed by atoms with Crippen molar-refractivity contribution in [2.24, 2.45) is 0 Å². The van der Waals surface area contributed by atoms with Gasteiger partial charge in [0.05, 0.1) is 17.9 Å². The fraction of sp³-hybridized carbons (Fsp3) is 0.308. The van der Waals surface area contributed by atoms with E-state index in [1.807, 2.05) is 0 Å². The fourth-order valence-corrected chi connectivity index (χ4v) is 2.38. The SMILES string of the molecule is CCOC(=O)CS(=O)(=O)Nc1ccc(F)cc1C#CCO. The molecule has 0 aliphatic heterocycles. The maximum atomic E-state index is 13.1. The summed E-state index contributed by atoms with van der Waals surface area (Å²) in [5.41, 5.74) is 0.0677. The molecule has 6 nitrogen and oxygen atoms in total. The number of hydrogen-bond donors (Lipinski definition) is 2. The van der Waals surface area contributed by atoms with Crippen LogP contribution in [-0.2, 0) is 19.6 Å². The second-order valence-electron chi connectivity index (χ2n) is 3.82. The summed E-state index contributed by atoms with van der Waals surface area (Å²) in [7, 11) is -3.99. The van der Waals surface area contributed by atoms with Crippen molar-refractivity contribution in [1.82, 2.24) is 0 Å². The minimum Gasteiger partial charge on any atom is -0.465 e. The van der Waals surface area contributed by atoms with Gasteiger partial charge in [-0.3, -0.25) is 9.52 Å². The number of benzene rings is 1. The Morgan fingerprint density at radius 1 is 1.48 bits per heavy atom. The highest BCUT2D eigenvalue weighted by molar-refractivity contribution is 7.93. The minimum atomic E-state index is -3.99. The van der Waals surface area contributed by atoms with Crippen molar-refractivity contribution >= 4 is 21.7 Å².